The van der Waals surface area contributed by atoms with Crippen molar-refractivity contribution in [3.05, 3.63) is 63.1 Å². The zero-order valence-corrected chi connectivity index (χ0v) is 16.8. The fourth-order valence-electron chi connectivity index (χ4n) is 4.35. The molecule has 0 amide bonds. The van der Waals surface area contributed by atoms with Crippen molar-refractivity contribution in [3.63, 3.8) is 0 Å². The molecule has 3 aromatic rings. The number of aromatic nitrogens is 5. The van der Waals surface area contributed by atoms with Gasteiger partial charge in [0, 0.05) is 38.0 Å². The Morgan fingerprint density at radius 2 is 1.97 bits per heavy atom. The number of benzene rings is 1. The molecule has 2 aromatic heterocycles. The van der Waals surface area contributed by atoms with Gasteiger partial charge >= 0.3 is 0 Å². The van der Waals surface area contributed by atoms with Crippen molar-refractivity contribution in [2.24, 2.45) is 0 Å². The van der Waals surface area contributed by atoms with Crippen LogP contribution in [0.4, 0.5) is 14.5 Å². The molecule has 1 aromatic carbocycles. The standard InChI is InChI=1S/C20H19ClF2N6O/c21-18-16(10-24-29(20(18)30)15-6-5-13(22)9-14(15)23)27-7-1-3-12(11-27)19-26-25-17-4-2-8-28(17)19/h5-6,9-10,12H,1-4,7-8,11H2. The highest BCUT2D eigenvalue weighted by Crippen LogP contribution is 2.32. The van der Waals surface area contributed by atoms with Crippen LogP contribution >= 0.6 is 11.6 Å². The summed E-state index contributed by atoms with van der Waals surface area (Å²) in [6.45, 7) is 2.32. The minimum Gasteiger partial charge on any atom is -0.368 e. The Morgan fingerprint density at radius 1 is 1.10 bits per heavy atom. The maximum Gasteiger partial charge on any atom is 0.292 e. The summed E-state index contributed by atoms with van der Waals surface area (Å²) in [6.07, 6.45) is 5.40. The van der Waals surface area contributed by atoms with Crippen LogP contribution in [-0.2, 0) is 13.0 Å². The lowest BCUT2D eigenvalue weighted by Gasteiger charge is -2.34. The van der Waals surface area contributed by atoms with Crippen LogP contribution in [0.5, 0.6) is 0 Å². The van der Waals surface area contributed by atoms with E-state index in [0.29, 0.717) is 18.3 Å². The van der Waals surface area contributed by atoms with Gasteiger partial charge in [-0.3, -0.25) is 4.79 Å². The Hall–Kier alpha value is -2.81. The van der Waals surface area contributed by atoms with Crippen molar-refractivity contribution in [2.75, 3.05) is 18.0 Å². The van der Waals surface area contributed by atoms with E-state index in [0.717, 1.165) is 67.2 Å². The van der Waals surface area contributed by atoms with Crippen molar-refractivity contribution in [3.8, 4) is 5.69 Å². The largest absolute Gasteiger partial charge is 0.368 e. The average molecular weight is 433 g/mol. The molecule has 2 aliphatic heterocycles. The van der Waals surface area contributed by atoms with Crippen molar-refractivity contribution in [2.45, 2.75) is 38.1 Å². The molecule has 0 N–H and O–H groups in total. The number of aryl methyl sites for hydroxylation is 1. The number of hydrogen-bond acceptors (Lipinski definition) is 5. The molecule has 10 heteroatoms. The number of rotatable bonds is 3. The molecule has 0 aliphatic carbocycles. The fraction of sp³-hybridized carbons (Fsp3) is 0.400. The molecular weight excluding hydrogens is 414 g/mol. The van der Waals surface area contributed by atoms with Crippen molar-refractivity contribution >= 4 is 17.3 Å². The highest BCUT2D eigenvalue weighted by molar-refractivity contribution is 6.33. The molecule has 0 radical (unpaired) electrons. The van der Waals surface area contributed by atoms with Crippen LogP contribution in [0.3, 0.4) is 0 Å². The lowest BCUT2D eigenvalue weighted by molar-refractivity contribution is 0.472. The van der Waals surface area contributed by atoms with Crippen molar-refractivity contribution in [1.29, 1.82) is 0 Å². The summed E-state index contributed by atoms with van der Waals surface area (Å²) < 4.78 is 30.4. The minimum atomic E-state index is -0.882. The van der Waals surface area contributed by atoms with Crippen LogP contribution in [0.1, 0.15) is 36.8 Å². The average Bonchev–Trinajstić information content (AvgIpc) is 3.35. The van der Waals surface area contributed by atoms with Gasteiger partial charge in [0.15, 0.2) is 5.82 Å². The van der Waals surface area contributed by atoms with Gasteiger partial charge in [0.2, 0.25) is 0 Å². The minimum absolute atomic E-state index is 0.0409. The Kier molecular flexibility index (Phi) is 4.77. The highest BCUT2D eigenvalue weighted by atomic mass is 35.5. The molecule has 0 spiro atoms. The number of hydrogen-bond donors (Lipinski definition) is 0. The van der Waals surface area contributed by atoms with E-state index in [1.54, 1.807) is 0 Å². The monoisotopic (exact) mass is 432 g/mol. The van der Waals surface area contributed by atoms with Gasteiger partial charge in [-0.15, -0.1) is 10.2 Å². The first-order valence-corrected chi connectivity index (χ1v) is 10.3. The van der Waals surface area contributed by atoms with Crippen LogP contribution < -0.4 is 10.5 Å². The highest BCUT2D eigenvalue weighted by Gasteiger charge is 2.30. The lowest BCUT2D eigenvalue weighted by Crippen LogP contribution is -2.37. The van der Waals surface area contributed by atoms with Crippen molar-refractivity contribution in [1.82, 2.24) is 24.5 Å². The predicted molar refractivity (Wildman–Crippen MR) is 107 cm³/mol. The fourth-order valence-corrected chi connectivity index (χ4v) is 4.60. The Labute approximate surface area is 175 Å². The smallest absolute Gasteiger partial charge is 0.292 e. The third kappa shape index (κ3) is 3.17. The summed E-state index contributed by atoms with van der Waals surface area (Å²) in [6, 6.07) is 2.94. The number of anilines is 1. The van der Waals surface area contributed by atoms with E-state index in [9.17, 15) is 13.6 Å². The van der Waals surface area contributed by atoms with Gasteiger partial charge < -0.3 is 9.47 Å². The van der Waals surface area contributed by atoms with Crippen LogP contribution in [0.15, 0.2) is 29.2 Å². The molecule has 156 valence electrons. The maximum atomic E-state index is 14.1. The molecule has 0 saturated carbocycles. The van der Waals surface area contributed by atoms with Crippen LogP contribution in [0.2, 0.25) is 5.02 Å². The number of nitrogens with zero attached hydrogens (tertiary/aromatic N) is 6. The van der Waals surface area contributed by atoms with E-state index in [4.69, 9.17) is 11.6 Å². The number of fused-ring (bicyclic) bond motifs is 1. The summed E-state index contributed by atoms with van der Waals surface area (Å²) in [4.78, 5) is 14.8. The van der Waals surface area contributed by atoms with Crippen molar-refractivity contribution < 1.29 is 8.78 Å². The summed E-state index contributed by atoms with van der Waals surface area (Å²) >= 11 is 6.39. The molecule has 1 atom stereocenters. The van der Waals surface area contributed by atoms with E-state index in [-0.39, 0.29) is 16.6 Å². The van der Waals surface area contributed by atoms with Gasteiger partial charge in [-0.2, -0.15) is 9.78 Å². The van der Waals surface area contributed by atoms with E-state index >= 15 is 0 Å². The second-order valence-electron chi connectivity index (χ2n) is 7.67. The molecular formula is C20H19ClF2N6O. The Bertz CT molecular complexity index is 1180. The molecule has 4 heterocycles. The Morgan fingerprint density at radius 3 is 2.80 bits per heavy atom. The van der Waals surface area contributed by atoms with Gasteiger partial charge in [0.25, 0.3) is 5.56 Å². The molecule has 1 unspecified atom stereocenters. The summed E-state index contributed by atoms with van der Waals surface area (Å²) in [5, 5.41) is 12.8. The molecule has 2 aliphatic rings. The molecule has 30 heavy (non-hydrogen) atoms. The zero-order chi connectivity index (χ0) is 20.8. The first-order valence-electron chi connectivity index (χ1n) is 9.93. The third-order valence-electron chi connectivity index (χ3n) is 5.80. The zero-order valence-electron chi connectivity index (χ0n) is 16.1. The second kappa shape index (κ2) is 7.46. The van der Waals surface area contributed by atoms with Gasteiger partial charge in [0.05, 0.1) is 11.9 Å². The molecule has 7 nitrogen and oxygen atoms in total. The molecule has 0 bridgehead atoms. The first-order chi connectivity index (χ1) is 14.5. The molecule has 1 saturated heterocycles. The van der Waals surface area contributed by atoms with E-state index < -0.39 is 17.2 Å². The van der Waals surface area contributed by atoms with Crippen LogP contribution in [0, 0.1) is 11.6 Å². The summed E-state index contributed by atoms with van der Waals surface area (Å²) in [7, 11) is 0. The maximum absolute atomic E-state index is 14.1. The summed E-state index contributed by atoms with van der Waals surface area (Å²) in [5.74, 6) is 0.591. The normalized spacial score (nSPS) is 18.6. The molecule has 1 fully saturated rings. The predicted octanol–water partition coefficient (Wildman–Crippen LogP) is 3.09. The SMILES string of the molecule is O=c1c(Cl)c(N2CCCC(c3nnc4n3CCC4)C2)cnn1-c1ccc(F)cc1F. The quantitative estimate of drug-likeness (QED) is 0.636. The van der Waals surface area contributed by atoms with Gasteiger partial charge in [0.1, 0.15) is 28.2 Å². The Balaban J connectivity index is 1.45. The number of piperidine rings is 1. The van der Waals surface area contributed by atoms with Crippen LogP contribution in [-0.4, -0.2) is 37.6 Å². The van der Waals surface area contributed by atoms with Crippen LogP contribution in [0.25, 0.3) is 5.69 Å². The third-order valence-corrected chi connectivity index (χ3v) is 6.16. The summed E-state index contributed by atoms with van der Waals surface area (Å²) in [5.41, 5.74) is -0.290. The van der Waals surface area contributed by atoms with E-state index in [1.165, 1.54) is 6.20 Å². The lowest BCUT2D eigenvalue weighted by atomic mass is 9.97. The van der Waals surface area contributed by atoms with E-state index in [1.807, 2.05) is 4.90 Å². The van der Waals surface area contributed by atoms with Gasteiger partial charge in [-0.25, -0.2) is 8.78 Å². The van der Waals surface area contributed by atoms with Gasteiger partial charge in [-0.1, -0.05) is 11.6 Å². The first kappa shape index (κ1) is 19.2. The molecule has 5 rings (SSSR count). The topological polar surface area (TPSA) is 68.8 Å². The van der Waals surface area contributed by atoms with E-state index in [2.05, 4.69) is 19.9 Å². The second-order valence-corrected chi connectivity index (χ2v) is 8.05. The number of halogens is 3. The van der Waals surface area contributed by atoms with Gasteiger partial charge in [-0.05, 0) is 31.4 Å².